The second-order valence-electron chi connectivity index (χ2n) is 2.34. The van der Waals surface area contributed by atoms with Crippen molar-refractivity contribution >= 4 is 28.6 Å². The number of oxime groups is 1. The van der Waals surface area contributed by atoms with E-state index in [-0.39, 0.29) is 5.00 Å². The Morgan fingerprint density at radius 1 is 1.80 bits per heavy atom. The van der Waals surface area contributed by atoms with Gasteiger partial charge >= 0.3 is 11.1 Å². The standard InChI is InChI=1S/C7H7N3O4S/c1-8-7(11)14-9-3-5-2-6(10(12)13)15-4-5/h2-4H,1H3,(H,8,11)/b9-3+. The predicted molar refractivity (Wildman–Crippen MR) is 54.1 cm³/mol. The first-order valence-corrected chi connectivity index (χ1v) is 4.66. The van der Waals surface area contributed by atoms with E-state index < -0.39 is 11.0 Å². The molecule has 0 bridgehead atoms. The second kappa shape index (κ2) is 5.05. The number of amides is 1. The largest absolute Gasteiger partial charge is 0.433 e. The number of carbonyl (C=O) groups excluding carboxylic acids is 1. The van der Waals surface area contributed by atoms with E-state index in [2.05, 4.69) is 15.3 Å². The summed E-state index contributed by atoms with van der Waals surface area (Å²) in [5.41, 5.74) is 0.510. The Morgan fingerprint density at radius 3 is 3.07 bits per heavy atom. The van der Waals surface area contributed by atoms with Crippen LogP contribution in [0.4, 0.5) is 9.80 Å². The lowest BCUT2D eigenvalue weighted by Gasteiger charge is -1.91. The number of carbonyl (C=O) groups is 1. The Labute approximate surface area is 88.5 Å². The van der Waals surface area contributed by atoms with Gasteiger partial charge in [0.2, 0.25) is 0 Å². The van der Waals surface area contributed by atoms with Gasteiger partial charge in [-0.15, -0.1) is 0 Å². The van der Waals surface area contributed by atoms with E-state index in [0.717, 1.165) is 11.3 Å². The van der Waals surface area contributed by atoms with Gasteiger partial charge in [0.15, 0.2) is 0 Å². The van der Waals surface area contributed by atoms with Crippen molar-refractivity contribution in [1.29, 1.82) is 0 Å². The molecule has 1 heterocycles. The SMILES string of the molecule is CNC(=O)O/N=C/c1csc([N+](=O)[O-])c1. The minimum absolute atomic E-state index is 0.0105. The first-order valence-electron chi connectivity index (χ1n) is 3.78. The molecule has 0 aliphatic heterocycles. The molecule has 0 spiro atoms. The zero-order chi connectivity index (χ0) is 11.3. The average molecular weight is 229 g/mol. The summed E-state index contributed by atoms with van der Waals surface area (Å²) < 4.78 is 0. The molecule has 0 radical (unpaired) electrons. The van der Waals surface area contributed by atoms with Crippen molar-refractivity contribution in [3.63, 3.8) is 0 Å². The van der Waals surface area contributed by atoms with E-state index in [4.69, 9.17) is 0 Å². The number of nitrogens with zero attached hydrogens (tertiary/aromatic N) is 2. The van der Waals surface area contributed by atoms with Crippen LogP contribution in [0, 0.1) is 10.1 Å². The Bertz CT molecular complexity index is 401. The highest BCUT2D eigenvalue weighted by Crippen LogP contribution is 2.21. The van der Waals surface area contributed by atoms with E-state index in [1.54, 1.807) is 0 Å². The summed E-state index contributed by atoms with van der Waals surface area (Å²) in [6.45, 7) is 0. The molecule has 1 aromatic heterocycles. The van der Waals surface area contributed by atoms with Crippen molar-refractivity contribution in [2.24, 2.45) is 5.16 Å². The molecule has 0 aliphatic carbocycles. The first kappa shape index (κ1) is 11.1. The maximum Gasteiger partial charge on any atom is 0.433 e. The van der Waals surface area contributed by atoms with Gasteiger partial charge in [0.1, 0.15) is 0 Å². The van der Waals surface area contributed by atoms with Gasteiger partial charge < -0.3 is 5.32 Å². The molecule has 1 amide bonds. The van der Waals surface area contributed by atoms with E-state index in [9.17, 15) is 14.9 Å². The summed E-state index contributed by atoms with van der Waals surface area (Å²) in [4.78, 5) is 24.7. The van der Waals surface area contributed by atoms with Crippen LogP contribution in [0.1, 0.15) is 5.56 Å². The highest BCUT2D eigenvalue weighted by Gasteiger charge is 2.08. The van der Waals surface area contributed by atoms with Crippen molar-refractivity contribution < 1.29 is 14.6 Å². The Morgan fingerprint density at radius 2 is 2.53 bits per heavy atom. The van der Waals surface area contributed by atoms with E-state index >= 15 is 0 Å². The Kier molecular flexibility index (Phi) is 3.75. The fourth-order valence-corrected chi connectivity index (χ4v) is 1.36. The number of hydrogen-bond donors (Lipinski definition) is 1. The third-order valence-corrected chi connectivity index (χ3v) is 2.23. The average Bonchev–Trinajstić information content (AvgIpc) is 2.66. The number of nitro groups is 1. The number of rotatable bonds is 3. The van der Waals surface area contributed by atoms with Gasteiger partial charge in [-0.25, -0.2) is 4.79 Å². The molecular formula is C7H7N3O4S. The monoisotopic (exact) mass is 229 g/mol. The topological polar surface area (TPSA) is 93.8 Å². The van der Waals surface area contributed by atoms with Crippen LogP contribution in [-0.2, 0) is 4.84 Å². The maximum absolute atomic E-state index is 10.6. The van der Waals surface area contributed by atoms with Crippen LogP contribution in [-0.4, -0.2) is 24.3 Å². The van der Waals surface area contributed by atoms with Gasteiger partial charge in [0, 0.05) is 24.1 Å². The molecule has 1 aromatic rings. The second-order valence-corrected chi connectivity index (χ2v) is 3.23. The fraction of sp³-hybridized carbons (Fsp3) is 0.143. The highest BCUT2D eigenvalue weighted by molar-refractivity contribution is 7.13. The third kappa shape index (κ3) is 3.35. The smallest absolute Gasteiger partial charge is 0.323 e. The minimum Gasteiger partial charge on any atom is -0.323 e. The van der Waals surface area contributed by atoms with Gasteiger partial charge in [-0.2, -0.15) is 0 Å². The van der Waals surface area contributed by atoms with Crippen LogP contribution in [0.3, 0.4) is 0 Å². The van der Waals surface area contributed by atoms with Crippen molar-refractivity contribution in [3.8, 4) is 0 Å². The molecule has 0 saturated carbocycles. The molecule has 0 atom stereocenters. The zero-order valence-electron chi connectivity index (χ0n) is 7.67. The molecule has 7 nitrogen and oxygen atoms in total. The molecule has 1 N–H and O–H groups in total. The summed E-state index contributed by atoms with van der Waals surface area (Å²) in [6, 6.07) is 1.33. The van der Waals surface area contributed by atoms with Crippen molar-refractivity contribution in [3.05, 3.63) is 27.1 Å². The maximum atomic E-state index is 10.6. The quantitative estimate of drug-likeness (QED) is 0.366. The summed E-state index contributed by atoms with van der Waals surface area (Å²) in [6.07, 6.45) is 0.523. The molecular weight excluding hydrogens is 222 g/mol. The summed E-state index contributed by atoms with van der Waals surface area (Å²) in [5.74, 6) is 0. The Hall–Kier alpha value is -1.96. The van der Waals surface area contributed by atoms with Gasteiger partial charge in [-0.3, -0.25) is 15.0 Å². The lowest BCUT2D eigenvalue weighted by molar-refractivity contribution is -0.380. The van der Waals surface area contributed by atoms with Crippen LogP contribution >= 0.6 is 11.3 Å². The minimum atomic E-state index is -0.698. The zero-order valence-corrected chi connectivity index (χ0v) is 8.48. The molecule has 8 heteroatoms. The predicted octanol–water partition coefficient (Wildman–Crippen LogP) is 1.35. The van der Waals surface area contributed by atoms with E-state index in [1.807, 2.05) is 0 Å². The molecule has 0 aliphatic rings. The first-order chi connectivity index (χ1) is 7.13. The summed E-state index contributed by atoms with van der Waals surface area (Å²) in [7, 11) is 1.40. The number of hydrogen-bond acceptors (Lipinski definition) is 6. The lowest BCUT2D eigenvalue weighted by atomic mass is 10.4. The third-order valence-electron chi connectivity index (χ3n) is 1.33. The van der Waals surface area contributed by atoms with Crippen LogP contribution in [0.25, 0.3) is 0 Å². The normalized spacial score (nSPS) is 10.2. The molecule has 80 valence electrons. The van der Waals surface area contributed by atoms with Crippen LogP contribution in [0.15, 0.2) is 16.6 Å². The van der Waals surface area contributed by atoms with Crippen LogP contribution < -0.4 is 5.32 Å². The molecule has 15 heavy (non-hydrogen) atoms. The molecule has 0 saturated heterocycles. The summed E-state index contributed by atoms with van der Waals surface area (Å²) >= 11 is 0.976. The van der Waals surface area contributed by atoms with Crippen molar-refractivity contribution in [1.82, 2.24) is 5.32 Å². The lowest BCUT2D eigenvalue weighted by Crippen LogP contribution is -2.16. The molecule has 0 fully saturated rings. The van der Waals surface area contributed by atoms with Crippen LogP contribution in [0.5, 0.6) is 0 Å². The van der Waals surface area contributed by atoms with E-state index in [0.29, 0.717) is 5.56 Å². The van der Waals surface area contributed by atoms with E-state index in [1.165, 1.54) is 24.7 Å². The molecule has 0 aromatic carbocycles. The molecule has 0 unspecified atom stereocenters. The van der Waals surface area contributed by atoms with Crippen molar-refractivity contribution in [2.45, 2.75) is 0 Å². The van der Waals surface area contributed by atoms with Gasteiger partial charge in [0.25, 0.3) is 0 Å². The van der Waals surface area contributed by atoms with Gasteiger partial charge in [0.05, 0.1) is 11.1 Å². The molecule has 1 rings (SSSR count). The number of thiophene rings is 1. The van der Waals surface area contributed by atoms with Crippen molar-refractivity contribution in [2.75, 3.05) is 7.05 Å². The fourth-order valence-electron chi connectivity index (χ4n) is 0.683. The van der Waals surface area contributed by atoms with Gasteiger partial charge in [-0.1, -0.05) is 16.5 Å². The van der Waals surface area contributed by atoms with Crippen LogP contribution in [0.2, 0.25) is 0 Å². The highest BCUT2D eigenvalue weighted by atomic mass is 32.1. The number of nitrogens with one attached hydrogen (secondary N) is 1. The summed E-state index contributed by atoms with van der Waals surface area (Å²) in [5, 5.41) is 17.4. The Balaban J connectivity index is 2.57. The van der Waals surface area contributed by atoms with Gasteiger partial charge in [-0.05, 0) is 0 Å².